The third-order valence-electron chi connectivity index (χ3n) is 8.67. The first-order valence-corrected chi connectivity index (χ1v) is 10.8. The molecule has 4 fully saturated rings. The number of nitrogens with zero attached hydrogens (tertiary/aromatic N) is 2. The number of carbonyl (C=O) groups is 2. The fraction of sp³-hybridized carbons (Fsp3) is 0.565. The Bertz CT molecular complexity index is 1050. The van der Waals surface area contributed by atoms with Crippen LogP contribution in [0.25, 0.3) is 0 Å². The molecular weight excluding hydrogens is 384 g/mol. The minimum Gasteiger partial charge on any atom is -0.493 e. The molecule has 2 amide bonds. The van der Waals surface area contributed by atoms with E-state index in [1.807, 2.05) is 17.0 Å². The van der Waals surface area contributed by atoms with Crippen LogP contribution >= 0.6 is 0 Å². The molecule has 7 rings (SSSR count). The molecule has 2 bridgehead atoms. The van der Waals surface area contributed by atoms with Gasteiger partial charge in [0.15, 0.2) is 11.5 Å². The van der Waals surface area contributed by atoms with Crippen molar-refractivity contribution in [1.29, 1.82) is 0 Å². The van der Waals surface area contributed by atoms with Crippen molar-refractivity contribution in [3.8, 4) is 11.5 Å². The van der Waals surface area contributed by atoms with Gasteiger partial charge in [-0.25, -0.2) is 0 Å². The van der Waals surface area contributed by atoms with Gasteiger partial charge in [-0.05, 0) is 29.5 Å². The minimum atomic E-state index is -0.402. The zero-order valence-corrected chi connectivity index (χ0v) is 17.1. The summed E-state index contributed by atoms with van der Waals surface area (Å²) in [5.74, 6) is 2.13. The predicted molar refractivity (Wildman–Crippen MR) is 107 cm³/mol. The predicted octanol–water partition coefficient (Wildman–Crippen LogP) is 1.64. The molecule has 1 aromatic rings. The van der Waals surface area contributed by atoms with Gasteiger partial charge in [0.1, 0.15) is 0 Å². The molecule has 0 radical (unpaired) electrons. The molecule has 156 valence electrons. The average molecular weight is 408 g/mol. The molecule has 3 saturated heterocycles. The number of piperidine rings is 2. The second kappa shape index (κ2) is 5.38. The van der Waals surface area contributed by atoms with Crippen LogP contribution in [0.1, 0.15) is 24.8 Å². The SMILES string of the molecule is COc1cc2c(cc1OC)C13CC(=O)N4CC5=CCOC6CC(=O)N2C1C6C5CC43. The van der Waals surface area contributed by atoms with Crippen molar-refractivity contribution >= 4 is 17.5 Å². The largest absolute Gasteiger partial charge is 0.493 e. The summed E-state index contributed by atoms with van der Waals surface area (Å²) in [5, 5.41) is 0. The van der Waals surface area contributed by atoms with Crippen LogP contribution in [0, 0.1) is 11.8 Å². The smallest absolute Gasteiger partial charge is 0.229 e. The maximum absolute atomic E-state index is 13.5. The number of carbonyl (C=O) groups excluding carboxylic acids is 2. The van der Waals surface area contributed by atoms with Gasteiger partial charge in [0.25, 0.3) is 0 Å². The molecule has 1 saturated carbocycles. The molecule has 7 nitrogen and oxygen atoms in total. The van der Waals surface area contributed by atoms with Crippen LogP contribution in [-0.4, -0.2) is 62.3 Å². The van der Waals surface area contributed by atoms with E-state index in [1.54, 1.807) is 14.2 Å². The van der Waals surface area contributed by atoms with Gasteiger partial charge in [-0.3, -0.25) is 9.59 Å². The van der Waals surface area contributed by atoms with Gasteiger partial charge in [-0.2, -0.15) is 0 Å². The lowest BCUT2D eigenvalue weighted by Gasteiger charge is -2.58. The van der Waals surface area contributed by atoms with Crippen LogP contribution in [0.15, 0.2) is 23.8 Å². The van der Waals surface area contributed by atoms with Gasteiger partial charge in [0.05, 0.1) is 45.1 Å². The highest BCUT2D eigenvalue weighted by molar-refractivity contribution is 6.01. The monoisotopic (exact) mass is 408 g/mol. The number of rotatable bonds is 2. The number of hydrogen-bond acceptors (Lipinski definition) is 5. The molecule has 1 aliphatic carbocycles. The fourth-order valence-corrected chi connectivity index (χ4v) is 7.68. The van der Waals surface area contributed by atoms with Crippen molar-refractivity contribution in [2.24, 2.45) is 11.8 Å². The van der Waals surface area contributed by atoms with Crippen LogP contribution < -0.4 is 14.4 Å². The second-order valence-electron chi connectivity index (χ2n) is 9.46. The zero-order valence-electron chi connectivity index (χ0n) is 17.1. The Balaban J connectivity index is 1.54. The number of benzene rings is 1. The van der Waals surface area contributed by atoms with Crippen LogP contribution in [0.2, 0.25) is 0 Å². The Labute approximate surface area is 174 Å². The molecule has 6 unspecified atom stereocenters. The first-order valence-electron chi connectivity index (χ1n) is 10.8. The van der Waals surface area contributed by atoms with Crippen molar-refractivity contribution in [3.05, 3.63) is 29.3 Å². The molecule has 6 atom stereocenters. The van der Waals surface area contributed by atoms with Crippen LogP contribution in [-0.2, 0) is 19.7 Å². The van der Waals surface area contributed by atoms with Gasteiger partial charge < -0.3 is 24.0 Å². The first kappa shape index (κ1) is 17.2. The molecule has 30 heavy (non-hydrogen) atoms. The number of anilines is 1. The maximum atomic E-state index is 13.5. The topological polar surface area (TPSA) is 68.3 Å². The van der Waals surface area contributed by atoms with E-state index in [-0.39, 0.29) is 35.9 Å². The first-order chi connectivity index (χ1) is 14.6. The van der Waals surface area contributed by atoms with Crippen LogP contribution in [0.3, 0.4) is 0 Å². The summed E-state index contributed by atoms with van der Waals surface area (Å²) in [6, 6.07) is 4.01. The maximum Gasteiger partial charge on any atom is 0.229 e. The quantitative estimate of drug-likeness (QED) is 0.696. The molecular formula is C23H24N2O5. The summed E-state index contributed by atoms with van der Waals surface area (Å²) < 4.78 is 17.4. The van der Waals surface area contributed by atoms with Gasteiger partial charge >= 0.3 is 0 Å². The normalized spacial score (nSPS) is 39.5. The fourth-order valence-electron chi connectivity index (χ4n) is 7.68. The standard InChI is InChI=1S/C23H24N2O5/c1-28-15-6-13-14(7-16(15)29-2)25-19(26)8-17-21-12-5-18-23(13,22(21)25)9-20(27)24(18)10-11(12)3-4-30-17/h3,6-7,12,17-18,21-22H,4-5,8-10H2,1-2H3. The van der Waals surface area contributed by atoms with E-state index >= 15 is 0 Å². The Morgan fingerprint density at radius 2 is 1.93 bits per heavy atom. The van der Waals surface area contributed by atoms with Gasteiger partial charge in [-0.1, -0.05) is 6.08 Å². The highest BCUT2D eigenvalue weighted by Crippen LogP contribution is 2.66. The summed E-state index contributed by atoms with van der Waals surface area (Å²) in [6.45, 7) is 1.23. The lowest BCUT2D eigenvalue weighted by Crippen LogP contribution is -2.69. The molecule has 1 aromatic carbocycles. The summed E-state index contributed by atoms with van der Waals surface area (Å²) in [5.41, 5.74) is 2.87. The average Bonchev–Trinajstić information content (AvgIpc) is 3.13. The Morgan fingerprint density at radius 3 is 2.73 bits per heavy atom. The summed E-state index contributed by atoms with van der Waals surface area (Å²) in [7, 11) is 3.24. The van der Waals surface area contributed by atoms with Crippen molar-refractivity contribution in [2.75, 3.05) is 32.3 Å². The molecule has 0 N–H and O–H groups in total. The lowest BCUT2D eigenvalue weighted by molar-refractivity contribution is -0.133. The third kappa shape index (κ3) is 1.71. The van der Waals surface area contributed by atoms with Gasteiger partial charge in [0, 0.05) is 36.4 Å². The molecule has 0 aromatic heterocycles. The van der Waals surface area contributed by atoms with E-state index in [2.05, 4.69) is 11.0 Å². The van der Waals surface area contributed by atoms with E-state index < -0.39 is 5.41 Å². The molecule has 6 aliphatic rings. The zero-order chi connectivity index (χ0) is 20.4. The highest BCUT2D eigenvalue weighted by Gasteiger charge is 2.73. The van der Waals surface area contributed by atoms with E-state index in [9.17, 15) is 9.59 Å². The molecule has 1 spiro atoms. The Hall–Kier alpha value is -2.54. The number of hydrogen-bond donors (Lipinski definition) is 0. The second-order valence-corrected chi connectivity index (χ2v) is 9.46. The van der Waals surface area contributed by atoms with E-state index in [0.717, 1.165) is 17.7 Å². The Morgan fingerprint density at radius 1 is 1.13 bits per heavy atom. The molecule has 5 heterocycles. The number of fused-ring (bicyclic) bond motifs is 2. The summed E-state index contributed by atoms with van der Waals surface area (Å²) >= 11 is 0. The van der Waals surface area contributed by atoms with Crippen molar-refractivity contribution in [2.45, 2.75) is 42.9 Å². The van der Waals surface area contributed by atoms with Crippen LogP contribution in [0.4, 0.5) is 5.69 Å². The number of methoxy groups -OCH3 is 2. The number of amides is 2. The molecule has 5 aliphatic heterocycles. The van der Waals surface area contributed by atoms with E-state index in [0.29, 0.717) is 43.4 Å². The van der Waals surface area contributed by atoms with Crippen molar-refractivity contribution in [3.63, 3.8) is 0 Å². The van der Waals surface area contributed by atoms with Crippen molar-refractivity contribution in [1.82, 2.24) is 4.90 Å². The Kier molecular flexibility index (Phi) is 3.08. The van der Waals surface area contributed by atoms with E-state index in [4.69, 9.17) is 14.2 Å². The van der Waals surface area contributed by atoms with Gasteiger partial charge in [0.2, 0.25) is 11.8 Å². The number of ether oxygens (including phenoxy) is 3. The summed E-state index contributed by atoms with van der Waals surface area (Å²) in [4.78, 5) is 30.8. The highest BCUT2D eigenvalue weighted by atomic mass is 16.5. The summed E-state index contributed by atoms with van der Waals surface area (Å²) in [6.07, 6.45) is 3.87. The van der Waals surface area contributed by atoms with Gasteiger partial charge in [-0.15, -0.1) is 0 Å². The molecule has 7 heteroatoms. The lowest BCUT2D eigenvalue weighted by atomic mass is 9.53. The van der Waals surface area contributed by atoms with E-state index in [1.165, 1.54) is 5.57 Å². The third-order valence-corrected chi connectivity index (χ3v) is 8.67. The van der Waals surface area contributed by atoms with Crippen molar-refractivity contribution < 1.29 is 23.8 Å². The van der Waals surface area contributed by atoms with Crippen LogP contribution in [0.5, 0.6) is 11.5 Å². The minimum absolute atomic E-state index is 0.0601.